The molecule has 0 rings (SSSR count). The second-order valence-corrected chi connectivity index (χ2v) is 8.01. The van der Waals surface area contributed by atoms with Gasteiger partial charge in [0, 0.05) is 25.9 Å². The molecule has 0 aromatic rings. The van der Waals surface area contributed by atoms with Crippen LogP contribution < -0.4 is 0 Å². The molecule has 5 nitrogen and oxygen atoms in total. The maximum absolute atomic E-state index is 8.55. The first-order chi connectivity index (χ1) is 8.95. The lowest BCUT2D eigenvalue weighted by Crippen LogP contribution is -2.46. The SMILES string of the molecule is CCO[Si](CCCC(C)(C)COO)(OCC)OCC. The maximum Gasteiger partial charge on any atom is 0.500 e. The highest BCUT2D eigenvalue weighted by Gasteiger charge is 2.40. The van der Waals surface area contributed by atoms with Crippen molar-refractivity contribution in [1.29, 1.82) is 0 Å². The molecule has 0 saturated carbocycles. The maximum atomic E-state index is 8.55. The van der Waals surface area contributed by atoms with E-state index in [1.807, 2.05) is 20.8 Å². The van der Waals surface area contributed by atoms with E-state index in [1.54, 1.807) is 0 Å². The molecule has 1 N–H and O–H groups in total. The van der Waals surface area contributed by atoms with Crippen LogP contribution in [0.4, 0.5) is 0 Å². The molecule has 0 saturated heterocycles. The molecule has 0 fully saturated rings. The molecule has 0 aromatic carbocycles. The monoisotopic (exact) mass is 294 g/mol. The van der Waals surface area contributed by atoms with Crippen LogP contribution in [0.25, 0.3) is 0 Å². The Morgan fingerprint density at radius 1 is 0.947 bits per heavy atom. The first-order valence-electron chi connectivity index (χ1n) is 7.13. The summed E-state index contributed by atoms with van der Waals surface area (Å²) in [5.74, 6) is 0. The van der Waals surface area contributed by atoms with Crippen molar-refractivity contribution in [3.63, 3.8) is 0 Å². The summed E-state index contributed by atoms with van der Waals surface area (Å²) in [7, 11) is -2.52. The predicted octanol–water partition coefficient (Wildman–Crippen LogP) is 3.33. The van der Waals surface area contributed by atoms with Crippen LogP contribution in [0.2, 0.25) is 6.04 Å². The van der Waals surface area contributed by atoms with Crippen LogP contribution in [-0.4, -0.2) is 40.5 Å². The van der Waals surface area contributed by atoms with Gasteiger partial charge >= 0.3 is 8.80 Å². The molecule has 0 aliphatic carbocycles. The Bertz CT molecular complexity index is 206. The Hall–Kier alpha value is 0.0169. The zero-order valence-electron chi connectivity index (χ0n) is 13.0. The minimum Gasteiger partial charge on any atom is -0.374 e. The molecule has 0 aliphatic heterocycles. The lowest BCUT2D eigenvalue weighted by atomic mass is 9.89. The summed E-state index contributed by atoms with van der Waals surface area (Å²) in [6, 6.07) is 0.803. The molecule has 0 bridgehead atoms. The summed E-state index contributed by atoms with van der Waals surface area (Å²) in [6.07, 6.45) is 1.86. The van der Waals surface area contributed by atoms with Crippen LogP contribution in [0.3, 0.4) is 0 Å². The third kappa shape index (κ3) is 8.01. The first kappa shape index (κ1) is 19.0. The molecule has 0 aliphatic rings. The van der Waals surface area contributed by atoms with Crippen LogP contribution in [0.1, 0.15) is 47.5 Å². The summed E-state index contributed by atoms with van der Waals surface area (Å²) in [5.41, 5.74) is -0.0560. The number of rotatable bonds is 12. The largest absolute Gasteiger partial charge is 0.500 e. The normalized spacial score (nSPS) is 12.9. The fourth-order valence-electron chi connectivity index (χ4n) is 2.03. The minimum atomic E-state index is -2.52. The van der Waals surface area contributed by atoms with E-state index in [2.05, 4.69) is 18.7 Å². The van der Waals surface area contributed by atoms with E-state index < -0.39 is 8.80 Å². The van der Waals surface area contributed by atoms with Crippen LogP contribution >= 0.6 is 0 Å². The van der Waals surface area contributed by atoms with Crippen molar-refractivity contribution >= 4 is 8.80 Å². The van der Waals surface area contributed by atoms with Crippen LogP contribution in [0.15, 0.2) is 0 Å². The van der Waals surface area contributed by atoms with Gasteiger partial charge in [0.15, 0.2) is 0 Å². The quantitative estimate of drug-likeness (QED) is 0.340. The second kappa shape index (κ2) is 9.85. The van der Waals surface area contributed by atoms with E-state index in [9.17, 15) is 0 Å². The topological polar surface area (TPSA) is 57.2 Å². The van der Waals surface area contributed by atoms with Crippen molar-refractivity contribution in [2.75, 3.05) is 26.4 Å². The van der Waals surface area contributed by atoms with E-state index in [1.165, 1.54) is 0 Å². The second-order valence-electron chi connectivity index (χ2n) is 5.27. The molecular weight excluding hydrogens is 264 g/mol. The summed E-state index contributed by atoms with van der Waals surface area (Å²) in [5, 5.41) is 8.55. The van der Waals surface area contributed by atoms with E-state index in [-0.39, 0.29) is 5.41 Å². The molecule has 0 unspecified atom stereocenters. The van der Waals surface area contributed by atoms with Crippen molar-refractivity contribution in [2.45, 2.75) is 53.5 Å². The van der Waals surface area contributed by atoms with Gasteiger partial charge in [-0.25, -0.2) is 4.89 Å². The Labute approximate surface area is 118 Å². The Kier molecular flexibility index (Phi) is 9.86. The van der Waals surface area contributed by atoms with Crippen LogP contribution in [-0.2, 0) is 18.2 Å². The summed E-state index contributed by atoms with van der Waals surface area (Å²) < 4.78 is 17.4. The summed E-state index contributed by atoms with van der Waals surface area (Å²) >= 11 is 0. The lowest BCUT2D eigenvalue weighted by molar-refractivity contribution is -0.260. The lowest BCUT2D eigenvalue weighted by Gasteiger charge is -2.30. The fraction of sp³-hybridized carbons (Fsp3) is 1.00. The highest BCUT2D eigenvalue weighted by atomic mass is 28.4. The van der Waals surface area contributed by atoms with E-state index in [0.29, 0.717) is 26.4 Å². The van der Waals surface area contributed by atoms with Gasteiger partial charge in [0.1, 0.15) is 0 Å². The minimum absolute atomic E-state index is 0.0560. The Morgan fingerprint density at radius 3 is 1.79 bits per heavy atom. The van der Waals surface area contributed by atoms with Gasteiger partial charge in [-0.1, -0.05) is 13.8 Å². The number of hydrogen-bond acceptors (Lipinski definition) is 5. The molecular formula is C13H30O5Si. The van der Waals surface area contributed by atoms with E-state index in [4.69, 9.17) is 18.5 Å². The molecule has 0 radical (unpaired) electrons. The molecule has 116 valence electrons. The smallest absolute Gasteiger partial charge is 0.374 e. The molecule has 0 aromatic heterocycles. The van der Waals surface area contributed by atoms with Gasteiger partial charge in [-0.3, -0.25) is 5.26 Å². The van der Waals surface area contributed by atoms with Crippen LogP contribution in [0.5, 0.6) is 0 Å². The highest BCUT2D eigenvalue weighted by Crippen LogP contribution is 2.27. The van der Waals surface area contributed by atoms with E-state index >= 15 is 0 Å². The average Bonchev–Trinajstić information content (AvgIpc) is 2.29. The van der Waals surface area contributed by atoms with Crippen molar-refractivity contribution in [3.8, 4) is 0 Å². The van der Waals surface area contributed by atoms with Crippen molar-refractivity contribution in [2.24, 2.45) is 5.41 Å². The van der Waals surface area contributed by atoms with Gasteiger partial charge < -0.3 is 13.3 Å². The third-order valence-electron chi connectivity index (χ3n) is 2.88. The van der Waals surface area contributed by atoms with Crippen molar-refractivity contribution in [3.05, 3.63) is 0 Å². The van der Waals surface area contributed by atoms with Gasteiger partial charge in [0.05, 0.1) is 6.61 Å². The highest BCUT2D eigenvalue weighted by molar-refractivity contribution is 6.60. The van der Waals surface area contributed by atoms with Gasteiger partial charge in [-0.2, -0.15) is 0 Å². The fourth-order valence-corrected chi connectivity index (χ4v) is 4.64. The Balaban J connectivity index is 4.38. The molecule has 0 heterocycles. The zero-order chi connectivity index (χ0) is 14.8. The molecule has 0 amide bonds. The summed E-state index contributed by atoms with van der Waals surface area (Å²) in [6.45, 7) is 12.2. The average molecular weight is 294 g/mol. The molecule has 0 atom stereocenters. The van der Waals surface area contributed by atoms with Gasteiger partial charge in [-0.15, -0.1) is 0 Å². The van der Waals surface area contributed by atoms with Gasteiger partial charge in [0.2, 0.25) is 0 Å². The zero-order valence-corrected chi connectivity index (χ0v) is 14.0. The Morgan fingerprint density at radius 2 is 1.42 bits per heavy atom. The third-order valence-corrected chi connectivity index (χ3v) is 6.04. The molecule has 6 heteroatoms. The van der Waals surface area contributed by atoms with Crippen molar-refractivity contribution < 1.29 is 23.4 Å². The standard InChI is InChI=1S/C13H30O5Si/c1-6-16-19(17-7-2,18-8-3)11-9-10-13(4,5)12-15-14/h14H,6-12H2,1-5H3. The van der Waals surface area contributed by atoms with Crippen LogP contribution in [0, 0.1) is 5.41 Å². The predicted molar refractivity (Wildman–Crippen MR) is 77.0 cm³/mol. The van der Waals surface area contributed by atoms with Gasteiger partial charge in [-0.05, 0) is 39.0 Å². The summed E-state index contributed by atoms with van der Waals surface area (Å²) in [4.78, 5) is 4.25. The van der Waals surface area contributed by atoms with E-state index in [0.717, 1.165) is 18.9 Å². The van der Waals surface area contributed by atoms with Crippen molar-refractivity contribution in [1.82, 2.24) is 0 Å². The molecule has 19 heavy (non-hydrogen) atoms. The first-order valence-corrected chi connectivity index (χ1v) is 9.06. The molecule has 0 spiro atoms. The van der Waals surface area contributed by atoms with Gasteiger partial charge in [0.25, 0.3) is 0 Å². The number of hydrogen-bond donors (Lipinski definition) is 1.